The Hall–Kier alpha value is -1.88. The van der Waals surface area contributed by atoms with Gasteiger partial charge in [0, 0.05) is 0 Å². The molecule has 140 valence electrons. The van der Waals surface area contributed by atoms with Crippen LogP contribution in [0.4, 0.5) is 0 Å². The Morgan fingerprint density at radius 1 is 1.16 bits per heavy atom. The van der Waals surface area contributed by atoms with Crippen molar-refractivity contribution in [3.8, 4) is 0 Å². The smallest absolute Gasteiger partial charge is 0.328 e. The summed E-state index contributed by atoms with van der Waals surface area (Å²) in [6.45, 7) is 10.3. The summed E-state index contributed by atoms with van der Waals surface area (Å²) >= 11 is 0. The molecule has 0 aromatic heterocycles. The molecule has 0 radical (unpaired) electrons. The molecule has 5 heteroatoms. The molecular formula is C20H32N2O3. The van der Waals surface area contributed by atoms with Crippen molar-refractivity contribution in [2.75, 3.05) is 0 Å². The van der Waals surface area contributed by atoms with Crippen LogP contribution in [0.5, 0.6) is 0 Å². The first-order valence-electron chi connectivity index (χ1n) is 8.85. The summed E-state index contributed by atoms with van der Waals surface area (Å²) in [6.07, 6.45) is 1.06. The normalized spacial score (nSPS) is 14.0. The van der Waals surface area contributed by atoms with Gasteiger partial charge in [-0.1, -0.05) is 65.0 Å². The second kappa shape index (κ2) is 9.56. The van der Waals surface area contributed by atoms with E-state index in [2.05, 4.69) is 5.32 Å². The van der Waals surface area contributed by atoms with Gasteiger partial charge in [-0.15, -0.1) is 0 Å². The van der Waals surface area contributed by atoms with E-state index in [1.807, 2.05) is 65.0 Å². The van der Waals surface area contributed by atoms with Gasteiger partial charge >= 0.3 is 5.97 Å². The molecule has 0 heterocycles. The monoisotopic (exact) mass is 348 g/mol. The van der Waals surface area contributed by atoms with E-state index in [9.17, 15) is 9.59 Å². The van der Waals surface area contributed by atoms with Gasteiger partial charge in [0.05, 0.1) is 6.04 Å². The number of carbonyl (C=O) groups excluding carboxylic acids is 2. The first kappa shape index (κ1) is 21.2. The van der Waals surface area contributed by atoms with E-state index in [4.69, 9.17) is 10.5 Å². The molecule has 0 saturated carbocycles. The van der Waals surface area contributed by atoms with Crippen LogP contribution >= 0.6 is 0 Å². The number of carbonyl (C=O) groups is 2. The molecule has 0 bridgehead atoms. The Labute approximate surface area is 151 Å². The van der Waals surface area contributed by atoms with E-state index in [0.717, 1.165) is 5.56 Å². The standard InChI is InChI=1S/C20H32N2O3/c1-14(2)11-17(22-18(23)16(21)12-20(3,4)5)19(24)25-13-15-9-7-6-8-10-15/h6-10,14,16-17H,11-13,21H2,1-5H3,(H,22,23)/t16-,17+/m1/s1. The van der Waals surface area contributed by atoms with E-state index in [1.54, 1.807) is 0 Å². The molecule has 3 N–H and O–H groups in total. The van der Waals surface area contributed by atoms with E-state index in [1.165, 1.54) is 0 Å². The SMILES string of the molecule is CC(C)C[C@H](NC(=O)[C@H](N)CC(C)(C)C)C(=O)OCc1ccccc1. The van der Waals surface area contributed by atoms with Gasteiger partial charge in [-0.05, 0) is 29.7 Å². The van der Waals surface area contributed by atoms with Crippen LogP contribution in [0.2, 0.25) is 0 Å². The Morgan fingerprint density at radius 2 is 1.76 bits per heavy atom. The molecule has 0 unspecified atom stereocenters. The lowest BCUT2D eigenvalue weighted by atomic mass is 9.88. The van der Waals surface area contributed by atoms with Gasteiger partial charge in [0.15, 0.2) is 0 Å². The zero-order valence-electron chi connectivity index (χ0n) is 16.0. The number of ether oxygens (including phenoxy) is 1. The maximum absolute atomic E-state index is 12.4. The molecule has 25 heavy (non-hydrogen) atoms. The highest BCUT2D eigenvalue weighted by Gasteiger charge is 2.27. The van der Waals surface area contributed by atoms with Crippen molar-refractivity contribution >= 4 is 11.9 Å². The van der Waals surface area contributed by atoms with Gasteiger partial charge in [0.25, 0.3) is 0 Å². The predicted octanol–water partition coefficient (Wildman–Crippen LogP) is 3.02. The fourth-order valence-electron chi connectivity index (χ4n) is 2.55. The molecule has 0 spiro atoms. The van der Waals surface area contributed by atoms with Crippen LogP contribution in [0.1, 0.15) is 53.0 Å². The van der Waals surface area contributed by atoms with Crippen molar-refractivity contribution in [3.05, 3.63) is 35.9 Å². The summed E-state index contributed by atoms with van der Waals surface area (Å²) in [4.78, 5) is 24.8. The summed E-state index contributed by atoms with van der Waals surface area (Å²) in [5.41, 5.74) is 6.84. The second-order valence-corrected chi connectivity index (χ2v) is 8.16. The summed E-state index contributed by atoms with van der Waals surface area (Å²) in [7, 11) is 0. The predicted molar refractivity (Wildman–Crippen MR) is 99.7 cm³/mol. The van der Waals surface area contributed by atoms with E-state index in [-0.39, 0.29) is 23.8 Å². The second-order valence-electron chi connectivity index (χ2n) is 8.16. The molecule has 5 nitrogen and oxygen atoms in total. The van der Waals surface area contributed by atoms with E-state index < -0.39 is 18.1 Å². The largest absolute Gasteiger partial charge is 0.459 e. The lowest BCUT2D eigenvalue weighted by molar-refractivity contribution is -0.149. The maximum Gasteiger partial charge on any atom is 0.328 e. The van der Waals surface area contributed by atoms with Gasteiger partial charge < -0.3 is 15.8 Å². The first-order chi connectivity index (χ1) is 11.6. The molecule has 0 aliphatic heterocycles. The summed E-state index contributed by atoms with van der Waals surface area (Å²) in [5, 5.41) is 2.77. The number of hydrogen-bond donors (Lipinski definition) is 2. The molecule has 1 rings (SSSR count). The van der Waals surface area contributed by atoms with Crippen molar-refractivity contribution < 1.29 is 14.3 Å². The number of amides is 1. The van der Waals surface area contributed by atoms with E-state index in [0.29, 0.717) is 12.8 Å². The third kappa shape index (κ3) is 8.68. The molecule has 2 atom stereocenters. The minimum absolute atomic E-state index is 0.0574. The Morgan fingerprint density at radius 3 is 2.28 bits per heavy atom. The Balaban J connectivity index is 2.66. The van der Waals surface area contributed by atoms with Crippen LogP contribution in [0, 0.1) is 11.3 Å². The number of benzene rings is 1. The molecule has 1 aromatic carbocycles. The molecule has 0 aliphatic rings. The van der Waals surface area contributed by atoms with Gasteiger partial charge in [-0.25, -0.2) is 4.79 Å². The third-order valence-corrected chi connectivity index (χ3v) is 3.70. The van der Waals surface area contributed by atoms with Crippen LogP contribution in [0.25, 0.3) is 0 Å². The van der Waals surface area contributed by atoms with Gasteiger partial charge in [-0.3, -0.25) is 4.79 Å². The Bertz CT molecular complexity index is 550. The highest BCUT2D eigenvalue weighted by Crippen LogP contribution is 2.20. The van der Waals surface area contributed by atoms with E-state index >= 15 is 0 Å². The summed E-state index contributed by atoms with van der Waals surface area (Å²) in [5.74, 6) is -0.487. The van der Waals surface area contributed by atoms with Gasteiger partial charge in [-0.2, -0.15) is 0 Å². The van der Waals surface area contributed by atoms with Gasteiger partial charge in [0.1, 0.15) is 12.6 Å². The molecular weight excluding hydrogens is 316 g/mol. The highest BCUT2D eigenvalue weighted by atomic mass is 16.5. The quantitative estimate of drug-likeness (QED) is 0.708. The lowest BCUT2D eigenvalue weighted by Gasteiger charge is -2.25. The number of rotatable bonds is 8. The zero-order valence-corrected chi connectivity index (χ0v) is 16.0. The average Bonchev–Trinajstić information content (AvgIpc) is 2.50. The fourth-order valence-corrected chi connectivity index (χ4v) is 2.55. The lowest BCUT2D eigenvalue weighted by Crippen LogP contribution is -2.50. The van der Waals surface area contributed by atoms with Crippen LogP contribution in [0.3, 0.4) is 0 Å². The van der Waals surface area contributed by atoms with Crippen LogP contribution in [-0.4, -0.2) is 24.0 Å². The highest BCUT2D eigenvalue weighted by molar-refractivity contribution is 5.87. The number of nitrogens with one attached hydrogen (secondary N) is 1. The number of esters is 1. The van der Waals surface area contributed by atoms with Crippen molar-refractivity contribution in [1.29, 1.82) is 0 Å². The maximum atomic E-state index is 12.4. The van der Waals surface area contributed by atoms with Crippen LogP contribution < -0.4 is 11.1 Å². The molecule has 0 aliphatic carbocycles. The van der Waals surface area contributed by atoms with Crippen LogP contribution in [0.15, 0.2) is 30.3 Å². The average molecular weight is 348 g/mol. The zero-order chi connectivity index (χ0) is 19.0. The van der Waals surface area contributed by atoms with Crippen molar-refractivity contribution in [1.82, 2.24) is 5.32 Å². The summed E-state index contributed by atoms with van der Waals surface area (Å²) < 4.78 is 5.38. The van der Waals surface area contributed by atoms with Crippen molar-refractivity contribution in [2.45, 2.75) is 66.2 Å². The molecule has 1 aromatic rings. The number of hydrogen-bond acceptors (Lipinski definition) is 4. The van der Waals surface area contributed by atoms with Crippen molar-refractivity contribution in [3.63, 3.8) is 0 Å². The summed E-state index contributed by atoms with van der Waals surface area (Å²) in [6, 6.07) is 8.15. The van der Waals surface area contributed by atoms with Gasteiger partial charge in [0.2, 0.25) is 5.91 Å². The third-order valence-electron chi connectivity index (χ3n) is 3.70. The fraction of sp³-hybridized carbons (Fsp3) is 0.600. The minimum Gasteiger partial charge on any atom is -0.459 e. The first-order valence-corrected chi connectivity index (χ1v) is 8.85. The van der Waals surface area contributed by atoms with Crippen molar-refractivity contribution in [2.24, 2.45) is 17.1 Å². The minimum atomic E-state index is -0.678. The molecule has 1 amide bonds. The molecule has 0 fully saturated rings. The van der Waals surface area contributed by atoms with Crippen LogP contribution in [-0.2, 0) is 20.9 Å². The molecule has 0 saturated heterocycles. The topological polar surface area (TPSA) is 81.4 Å². The Kier molecular flexibility index (Phi) is 8.10. The number of nitrogens with two attached hydrogens (primary N) is 1.